The second-order valence-corrected chi connectivity index (χ2v) is 6.62. The molecule has 0 atom stereocenters. The van der Waals surface area contributed by atoms with E-state index in [0.717, 1.165) is 32.1 Å². The molecule has 0 unspecified atom stereocenters. The predicted octanol–water partition coefficient (Wildman–Crippen LogP) is 3.08. The van der Waals surface area contributed by atoms with Crippen molar-refractivity contribution < 1.29 is 4.74 Å². The summed E-state index contributed by atoms with van der Waals surface area (Å²) in [6.45, 7) is 11.1. The highest BCUT2D eigenvalue weighted by atomic mass is 16.5. The van der Waals surface area contributed by atoms with Gasteiger partial charge in [0.25, 0.3) is 0 Å². The van der Waals surface area contributed by atoms with Gasteiger partial charge in [0.15, 0.2) is 5.96 Å². The molecule has 1 aliphatic rings. The predicted molar refractivity (Wildman–Crippen MR) is 86.3 cm³/mol. The zero-order chi connectivity index (χ0) is 14.8. The molecule has 0 radical (unpaired) electrons. The Morgan fingerprint density at radius 1 is 1.20 bits per heavy atom. The summed E-state index contributed by atoms with van der Waals surface area (Å²) in [5.41, 5.74) is 0.0413. The van der Waals surface area contributed by atoms with E-state index in [9.17, 15) is 0 Å². The largest absolute Gasteiger partial charge is 0.378 e. The first kappa shape index (κ1) is 17.3. The second-order valence-electron chi connectivity index (χ2n) is 6.62. The van der Waals surface area contributed by atoms with Gasteiger partial charge in [-0.1, -0.05) is 19.3 Å². The van der Waals surface area contributed by atoms with E-state index in [1.807, 2.05) is 0 Å². The van der Waals surface area contributed by atoms with E-state index in [1.54, 1.807) is 0 Å². The normalized spacial score (nSPS) is 18.1. The van der Waals surface area contributed by atoms with Crippen molar-refractivity contribution in [3.05, 3.63) is 0 Å². The molecule has 118 valence electrons. The number of ether oxygens (including phenoxy) is 1. The molecule has 0 aromatic rings. The van der Waals surface area contributed by atoms with E-state index in [0.29, 0.717) is 6.10 Å². The summed E-state index contributed by atoms with van der Waals surface area (Å²) in [6.07, 6.45) is 8.06. The van der Waals surface area contributed by atoms with Gasteiger partial charge in [-0.2, -0.15) is 0 Å². The lowest BCUT2D eigenvalue weighted by Gasteiger charge is -2.24. The first-order valence-electron chi connectivity index (χ1n) is 8.19. The second kappa shape index (κ2) is 9.22. The van der Waals surface area contributed by atoms with Crippen LogP contribution in [0.5, 0.6) is 0 Å². The standard InChI is InChI=1S/C16H33N3O/c1-5-17-15(19-16(2,3)4)18-12-9-13-20-14-10-7-6-8-11-14/h14H,5-13H2,1-4H3,(H2,17,18,19). The van der Waals surface area contributed by atoms with Crippen molar-refractivity contribution in [2.24, 2.45) is 4.99 Å². The molecule has 0 spiro atoms. The smallest absolute Gasteiger partial charge is 0.191 e. The third kappa shape index (κ3) is 8.41. The first-order valence-corrected chi connectivity index (χ1v) is 8.19. The molecule has 0 aliphatic heterocycles. The van der Waals surface area contributed by atoms with Gasteiger partial charge in [0.05, 0.1) is 6.10 Å². The molecule has 0 heterocycles. The van der Waals surface area contributed by atoms with Crippen LogP contribution in [0, 0.1) is 0 Å². The van der Waals surface area contributed by atoms with Crippen LogP contribution in [0.1, 0.15) is 66.2 Å². The van der Waals surface area contributed by atoms with Crippen molar-refractivity contribution in [1.82, 2.24) is 10.6 Å². The van der Waals surface area contributed by atoms with Crippen molar-refractivity contribution in [3.8, 4) is 0 Å². The fraction of sp³-hybridized carbons (Fsp3) is 0.938. The minimum atomic E-state index is 0.0413. The molecular weight excluding hydrogens is 250 g/mol. The maximum Gasteiger partial charge on any atom is 0.191 e. The third-order valence-corrected chi connectivity index (χ3v) is 3.32. The van der Waals surface area contributed by atoms with Crippen LogP contribution in [0.4, 0.5) is 0 Å². The van der Waals surface area contributed by atoms with E-state index >= 15 is 0 Å². The van der Waals surface area contributed by atoms with Gasteiger partial charge in [0.2, 0.25) is 0 Å². The zero-order valence-corrected chi connectivity index (χ0v) is 13.8. The zero-order valence-electron chi connectivity index (χ0n) is 13.8. The summed E-state index contributed by atoms with van der Waals surface area (Å²) in [6, 6.07) is 0. The summed E-state index contributed by atoms with van der Waals surface area (Å²) in [5.74, 6) is 0.901. The van der Waals surface area contributed by atoms with Gasteiger partial charge in [0, 0.05) is 25.2 Å². The van der Waals surface area contributed by atoms with Gasteiger partial charge in [-0.15, -0.1) is 0 Å². The first-order chi connectivity index (χ1) is 9.51. The molecule has 0 aromatic carbocycles. The number of rotatable bonds is 6. The van der Waals surface area contributed by atoms with Crippen LogP contribution in [0.15, 0.2) is 4.99 Å². The van der Waals surface area contributed by atoms with E-state index < -0.39 is 0 Å². The van der Waals surface area contributed by atoms with Crippen LogP contribution in [-0.2, 0) is 4.74 Å². The molecule has 0 bridgehead atoms. The molecule has 0 saturated heterocycles. The average molecular weight is 283 g/mol. The highest BCUT2D eigenvalue weighted by Gasteiger charge is 2.13. The summed E-state index contributed by atoms with van der Waals surface area (Å²) in [5, 5.41) is 6.67. The van der Waals surface area contributed by atoms with Gasteiger partial charge in [0.1, 0.15) is 0 Å². The number of nitrogens with one attached hydrogen (secondary N) is 2. The molecule has 1 rings (SSSR count). The van der Waals surface area contributed by atoms with Crippen molar-refractivity contribution in [1.29, 1.82) is 0 Å². The molecule has 0 amide bonds. The topological polar surface area (TPSA) is 45.7 Å². The van der Waals surface area contributed by atoms with Gasteiger partial charge < -0.3 is 15.4 Å². The summed E-state index contributed by atoms with van der Waals surface area (Å²) in [7, 11) is 0. The quantitative estimate of drug-likeness (QED) is 0.447. The maximum absolute atomic E-state index is 5.92. The minimum Gasteiger partial charge on any atom is -0.378 e. The highest BCUT2D eigenvalue weighted by molar-refractivity contribution is 5.80. The third-order valence-electron chi connectivity index (χ3n) is 3.32. The van der Waals surface area contributed by atoms with Crippen molar-refractivity contribution in [3.63, 3.8) is 0 Å². The van der Waals surface area contributed by atoms with Crippen LogP contribution >= 0.6 is 0 Å². The number of hydrogen-bond acceptors (Lipinski definition) is 2. The highest BCUT2D eigenvalue weighted by Crippen LogP contribution is 2.20. The van der Waals surface area contributed by atoms with E-state index in [4.69, 9.17) is 4.74 Å². The monoisotopic (exact) mass is 283 g/mol. The molecule has 1 saturated carbocycles. The number of guanidine groups is 1. The van der Waals surface area contributed by atoms with Crippen molar-refractivity contribution in [2.75, 3.05) is 19.7 Å². The van der Waals surface area contributed by atoms with Gasteiger partial charge in [-0.3, -0.25) is 4.99 Å². The Labute approximate surface area is 124 Å². The van der Waals surface area contributed by atoms with Crippen molar-refractivity contribution >= 4 is 5.96 Å². The van der Waals surface area contributed by atoms with Crippen molar-refractivity contribution in [2.45, 2.75) is 77.9 Å². The number of hydrogen-bond donors (Lipinski definition) is 2. The fourth-order valence-corrected chi connectivity index (χ4v) is 2.40. The Kier molecular flexibility index (Phi) is 7.97. The lowest BCUT2D eigenvalue weighted by atomic mass is 9.98. The molecule has 1 aliphatic carbocycles. The maximum atomic E-state index is 5.92. The molecule has 4 nitrogen and oxygen atoms in total. The number of aliphatic imine (C=N–C) groups is 1. The number of nitrogens with zero attached hydrogens (tertiary/aromatic N) is 1. The lowest BCUT2D eigenvalue weighted by molar-refractivity contribution is 0.0281. The molecule has 0 aromatic heterocycles. The Hall–Kier alpha value is -0.770. The lowest BCUT2D eigenvalue weighted by Crippen LogP contribution is -2.47. The summed E-state index contributed by atoms with van der Waals surface area (Å²) in [4.78, 5) is 4.60. The average Bonchev–Trinajstić information content (AvgIpc) is 2.38. The fourth-order valence-electron chi connectivity index (χ4n) is 2.40. The Morgan fingerprint density at radius 3 is 2.50 bits per heavy atom. The van der Waals surface area contributed by atoms with Gasteiger partial charge in [-0.25, -0.2) is 0 Å². The Balaban J connectivity index is 2.18. The van der Waals surface area contributed by atoms with Crippen LogP contribution in [0.2, 0.25) is 0 Å². The molecular formula is C16H33N3O. The molecule has 4 heteroatoms. The minimum absolute atomic E-state index is 0.0413. The van der Waals surface area contributed by atoms with Crippen LogP contribution in [0.3, 0.4) is 0 Å². The van der Waals surface area contributed by atoms with Gasteiger partial charge in [-0.05, 0) is 47.0 Å². The van der Waals surface area contributed by atoms with E-state index in [-0.39, 0.29) is 5.54 Å². The summed E-state index contributed by atoms with van der Waals surface area (Å²) < 4.78 is 5.92. The SMILES string of the molecule is CCNC(=NCCCOC1CCCCC1)NC(C)(C)C. The Morgan fingerprint density at radius 2 is 1.90 bits per heavy atom. The van der Waals surface area contributed by atoms with Crippen LogP contribution in [0.25, 0.3) is 0 Å². The molecule has 1 fully saturated rings. The van der Waals surface area contributed by atoms with Crippen LogP contribution < -0.4 is 10.6 Å². The molecule has 2 N–H and O–H groups in total. The Bertz CT molecular complexity index is 278. The summed E-state index contributed by atoms with van der Waals surface area (Å²) >= 11 is 0. The van der Waals surface area contributed by atoms with Gasteiger partial charge >= 0.3 is 0 Å². The van der Waals surface area contributed by atoms with E-state index in [2.05, 4.69) is 43.3 Å². The van der Waals surface area contributed by atoms with E-state index in [1.165, 1.54) is 32.1 Å². The molecule has 20 heavy (non-hydrogen) atoms. The van der Waals surface area contributed by atoms with Crippen LogP contribution in [-0.4, -0.2) is 37.3 Å².